The molecule has 1 aromatic rings. The maximum atomic E-state index is 12.8. The number of allylic oxidation sites excluding steroid dienone is 7. The molecule has 0 aromatic carbocycles. The number of hydrogen-bond acceptors (Lipinski definition) is 9. The lowest BCUT2D eigenvalue weighted by Gasteiger charge is -2.24. The number of likely N-dealkylation sites (N-methyl/N-ethyl adjacent to an activating group) is 1. The normalized spacial score (nSPS) is 14.4. The summed E-state index contributed by atoms with van der Waals surface area (Å²) in [7, 11) is 1.33. The van der Waals surface area contributed by atoms with E-state index in [1.807, 2.05) is 33.3 Å². The highest BCUT2D eigenvalue weighted by molar-refractivity contribution is 7.47. The van der Waals surface area contributed by atoms with Crippen molar-refractivity contribution in [2.45, 2.75) is 188 Å². The van der Waals surface area contributed by atoms with Crippen LogP contribution in [0.15, 0.2) is 53.0 Å². The van der Waals surface area contributed by atoms with Gasteiger partial charge in [0.25, 0.3) is 0 Å². The number of carbonyl (C=O) groups excluding carboxylic acids is 2. The van der Waals surface area contributed by atoms with Gasteiger partial charge >= 0.3 is 19.8 Å². The Balaban J connectivity index is 2.42. The summed E-state index contributed by atoms with van der Waals surface area (Å²) in [6.07, 6.45) is 35.8. The Bertz CT molecular complexity index is 1490. The number of carbonyl (C=O) groups is 2. The molecule has 0 saturated carbocycles. The fourth-order valence-corrected chi connectivity index (χ4v) is 7.33. The van der Waals surface area contributed by atoms with Crippen LogP contribution in [0.2, 0.25) is 0 Å². The number of aryl methyl sites for hydroxylation is 2. The summed E-state index contributed by atoms with van der Waals surface area (Å²) >= 11 is 0. The smallest absolute Gasteiger partial charge is 0.466 e. The van der Waals surface area contributed by atoms with Gasteiger partial charge in [-0.25, -0.2) is 4.57 Å². The Morgan fingerprint density at radius 3 is 1.90 bits per heavy atom. The van der Waals surface area contributed by atoms with E-state index in [4.69, 9.17) is 22.9 Å². The van der Waals surface area contributed by atoms with Crippen molar-refractivity contribution in [1.82, 2.24) is 0 Å². The van der Waals surface area contributed by atoms with E-state index in [9.17, 15) is 24.2 Å². The predicted octanol–water partition coefficient (Wildman–Crippen LogP) is 12.1. The van der Waals surface area contributed by atoms with Gasteiger partial charge in [-0.2, -0.15) is 0 Å². The van der Waals surface area contributed by atoms with E-state index < -0.39 is 38.6 Å². The van der Waals surface area contributed by atoms with Crippen molar-refractivity contribution in [3.63, 3.8) is 0 Å². The Morgan fingerprint density at radius 2 is 1.26 bits per heavy atom. The number of aliphatic hydroxyl groups is 1. The van der Waals surface area contributed by atoms with Gasteiger partial charge in [-0.15, -0.1) is 0 Å². The van der Waals surface area contributed by atoms with Crippen molar-refractivity contribution in [2.24, 2.45) is 0 Å². The van der Waals surface area contributed by atoms with Gasteiger partial charge in [0.05, 0.1) is 33.9 Å². The summed E-state index contributed by atoms with van der Waals surface area (Å²) in [6, 6.07) is 0. The number of quaternary nitrogens is 1. The van der Waals surface area contributed by atoms with Crippen molar-refractivity contribution < 1.29 is 51.6 Å². The second-order valence-electron chi connectivity index (χ2n) is 17.6. The summed E-state index contributed by atoms with van der Waals surface area (Å²) in [5, 5.41) is 10.4. The number of phosphoric ester groups is 1. The Morgan fingerprint density at radius 1 is 0.694 bits per heavy atom. The number of hydrogen-bond donors (Lipinski definition) is 2. The predicted molar refractivity (Wildman–Crippen MR) is 252 cm³/mol. The van der Waals surface area contributed by atoms with Crippen LogP contribution in [-0.4, -0.2) is 86.1 Å². The lowest BCUT2D eigenvalue weighted by Crippen LogP contribution is -2.37. The molecule has 1 unspecified atom stereocenters. The molecule has 0 aliphatic carbocycles. The molecular formula is C50H87NO10P+. The topological polar surface area (TPSA) is 142 Å². The van der Waals surface area contributed by atoms with Crippen LogP contribution in [-0.2, 0) is 45.5 Å². The lowest BCUT2D eigenvalue weighted by atomic mass is 10.0. The fraction of sp³-hybridized carbons (Fsp3) is 0.720. The molecule has 0 radical (unpaired) electrons. The first-order chi connectivity index (χ1) is 29.7. The maximum absolute atomic E-state index is 12.8. The van der Waals surface area contributed by atoms with Crippen molar-refractivity contribution in [3.8, 4) is 0 Å². The van der Waals surface area contributed by atoms with E-state index in [-0.39, 0.29) is 26.1 Å². The SMILES string of the molecule is CCCCC/C=C\C/C=C\C/C=C\C=C\[C@H](O)CCCC(=O)O[C@H](COC(=O)CCCCCCCCCCc1oc(CCCCC)c(C)c1C)COP(=O)(O)OCC[N+](C)(C)C. The van der Waals surface area contributed by atoms with Crippen LogP contribution in [0.5, 0.6) is 0 Å². The Hall–Kier alpha value is -2.79. The van der Waals surface area contributed by atoms with Crippen LogP contribution in [0.25, 0.3) is 0 Å². The minimum absolute atomic E-state index is 0.00317. The number of esters is 2. The van der Waals surface area contributed by atoms with Crippen molar-refractivity contribution in [2.75, 3.05) is 47.5 Å². The van der Waals surface area contributed by atoms with E-state index in [0.29, 0.717) is 30.3 Å². The maximum Gasteiger partial charge on any atom is 0.472 e. The van der Waals surface area contributed by atoms with Crippen LogP contribution in [0.3, 0.4) is 0 Å². The third kappa shape index (κ3) is 32.0. The Kier molecular flexibility index (Phi) is 32.8. The monoisotopic (exact) mass is 893 g/mol. The molecule has 0 spiro atoms. The molecule has 11 nitrogen and oxygen atoms in total. The van der Waals surface area contributed by atoms with Gasteiger partial charge in [-0.3, -0.25) is 18.6 Å². The second-order valence-corrected chi connectivity index (χ2v) is 19.0. The number of rotatable bonds is 39. The largest absolute Gasteiger partial charge is 0.472 e. The second kappa shape index (κ2) is 35.5. The number of phosphoric acid groups is 1. The van der Waals surface area contributed by atoms with Gasteiger partial charge in [0.1, 0.15) is 31.3 Å². The molecule has 12 heteroatoms. The number of aliphatic hydroxyl groups excluding tert-OH is 1. The average Bonchev–Trinajstić information content (AvgIpc) is 3.48. The van der Waals surface area contributed by atoms with Crippen molar-refractivity contribution in [3.05, 3.63) is 71.3 Å². The molecule has 0 aliphatic rings. The third-order valence-electron chi connectivity index (χ3n) is 10.7. The number of unbranched alkanes of at least 4 members (excludes halogenated alkanes) is 12. The van der Waals surface area contributed by atoms with Crippen LogP contribution in [0.1, 0.15) is 171 Å². The summed E-state index contributed by atoms with van der Waals surface area (Å²) in [6.45, 7) is 8.46. The van der Waals surface area contributed by atoms with Crippen LogP contribution in [0.4, 0.5) is 0 Å². The van der Waals surface area contributed by atoms with Crippen LogP contribution in [0, 0.1) is 13.8 Å². The highest BCUT2D eigenvalue weighted by Gasteiger charge is 2.27. The molecule has 0 fully saturated rings. The molecule has 1 rings (SSSR count). The molecule has 356 valence electrons. The fourth-order valence-electron chi connectivity index (χ4n) is 6.59. The minimum Gasteiger partial charge on any atom is -0.466 e. The zero-order chi connectivity index (χ0) is 45.9. The molecule has 0 amide bonds. The van der Waals surface area contributed by atoms with E-state index in [2.05, 4.69) is 52.0 Å². The van der Waals surface area contributed by atoms with Gasteiger partial charge in [0.2, 0.25) is 0 Å². The van der Waals surface area contributed by atoms with Gasteiger partial charge in [-0.1, -0.05) is 127 Å². The molecule has 0 bridgehead atoms. The van der Waals surface area contributed by atoms with E-state index in [1.165, 1.54) is 68.3 Å². The third-order valence-corrected chi connectivity index (χ3v) is 11.7. The van der Waals surface area contributed by atoms with E-state index in [0.717, 1.165) is 70.0 Å². The number of ether oxygens (including phenoxy) is 2. The summed E-state index contributed by atoms with van der Waals surface area (Å²) in [5.74, 6) is 1.30. The summed E-state index contributed by atoms with van der Waals surface area (Å²) in [4.78, 5) is 35.6. The molecule has 2 N–H and O–H groups in total. The molecule has 62 heavy (non-hydrogen) atoms. The first-order valence-corrected chi connectivity index (χ1v) is 25.3. The standard InChI is InChI=1S/C50H86NO10P/c1-8-10-12-13-14-15-16-17-18-19-22-25-29-33-45(52)34-32-38-50(54)60-46(42-59-62(55,56)58-40-39-51(5,6)7)41-57-49(53)37-31-27-24-21-20-23-26-30-36-48-44(4)43(3)47(61-48)35-28-11-9-2/h14-15,17-18,22,25,29,33,45-46,52H,8-13,16,19-21,23-24,26-28,30-32,34-42H2,1-7H3/p+1/b15-14-,18-17-,25-22-,33-29+/t45-,46+/m0/s1. The minimum atomic E-state index is -4.45. The first-order valence-electron chi connectivity index (χ1n) is 23.8. The highest BCUT2D eigenvalue weighted by Crippen LogP contribution is 2.43. The average molecular weight is 893 g/mol. The van der Waals surface area contributed by atoms with Gasteiger partial charge < -0.3 is 28.4 Å². The number of furan rings is 1. The molecule has 3 atom stereocenters. The van der Waals surface area contributed by atoms with Crippen LogP contribution >= 0.6 is 7.82 Å². The summed E-state index contributed by atoms with van der Waals surface area (Å²) in [5.41, 5.74) is 2.64. The summed E-state index contributed by atoms with van der Waals surface area (Å²) < 4.78 is 40.5. The molecular weight excluding hydrogens is 806 g/mol. The molecule has 0 saturated heterocycles. The van der Waals surface area contributed by atoms with Gasteiger partial charge in [0, 0.05) is 25.7 Å². The van der Waals surface area contributed by atoms with E-state index >= 15 is 0 Å². The van der Waals surface area contributed by atoms with Gasteiger partial charge in [-0.05, 0) is 82.8 Å². The van der Waals surface area contributed by atoms with Crippen LogP contribution < -0.4 is 0 Å². The Labute approximate surface area is 376 Å². The highest BCUT2D eigenvalue weighted by atomic mass is 31.2. The van der Waals surface area contributed by atoms with Gasteiger partial charge in [0.15, 0.2) is 6.10 Å². The molecule has 1 heterocycles. The quantitative estimate of drug-likeness (QED) is 0.0164. The van der Waals surface area contributed by atoms with Crippen molar-refractivity contribution >= 4 is 19.8 Å². The molecule has 0 aliphatic heterocycles. The van der Waals surface area contributed by atoms with Crippen molar-refractivity contribution in [1.29, 1.82) is 0 Å². The zero-order valence-electron chi connectivity index (χ0n) is 39.9. The first kappa shape index (κ1) is 57.2. The lowest BCUT2D eigenvalue weighted by molar-refractivity contribution is -0.870. The van der Waals surface area contributed by atoms with E-state index in [1.54, 1.807) is 12.2 Å². The molecule has 1 aromatic heterocycles. The number of nitrogens with zero attached hydrogens (tertiary/aromatic N) is 1. The zero-order valence-corrected chi connectivity index (χ0v) is 40.8.